The van der Waals surface area contributed by atoms with Gasteiger partial charge in [0.15, 0.2) is 0 Å². The second-order valence-electron chi connectivity index (χ2n) is 3.89. The standard InChI is InChI=1S/C14H10ClF3O/c1-19-12-4-2-3-11(15)13(12)9-5-7-10(8-6-9)14(16,17)18/h2-8H,1H3. The Hall–Kier alpha value is -1.68. The van der Waals surface area contributed by atoms with Gasteiger partial charge in [-0.25, -0.2) is 0 Å². The first-order chi connectivity index (χ1) is 8.93. The van der Waals surface area contributed by atoms with Gasteiger partial charge in [0.2, 0.25) is 0 Å². The fourth-order valence-corrected chi connectivity index (χ4v) is 2.06. The summed E-state index contributed by atoms with van der Waals surface area (Å²) in [5.41, 5.74) is 0.470. The van der Waals surface area contributed by atoms with E-state index in [0.717, 1.165) is 12.1 Å². The number of hydrogen-bond acceptors (Lipinski definition) is 1. The van der Waals surface area contributed by atoms with Gasteiger partial charge in [0, 0.05) is 5.56 Å². The van der Waals surface area contributed by atoms with Crippen molar-refractivity contribution >= 4 is 11.6 Å². The maximum absolute atomic E-state index is 12.5. The average molecular weight is 287 g/mol. The van der Waals surface area contributed by atoms with Crippen LogP contribution >= 0.6 is 11.6 Å². The normalized spacial score (nSPS) is 11.4. The van der Waals surface area contributed by atoms with Crippen molar-refractivity contribution in [2.24, 2.45) is 0 Å². The zero-order valence-corrected chi connectivity index (χ0v) is 10.7. The Morgan fingerprint density at radius 1 is 1.00 bits per heavy atom. The lowest BCUT2D eigenvalue weighted by Crippen LogP contribution is -2.04. The third-order valence-corrected chi connectivity index (χ3v) is 3.01. The van der Waals surface area contributed by atoms with Crippen molar-refractivity contribution in [1.29, 1.82) is 0 Å². The molecule has 0 aliphatic carbocycles. The maximum Gasteiger partial charge on any atom is 0.416 e. The van der Waals surface area contributed by atoms with Crippen LogP contribution in [0.25, 0.3) is 11.1 Å². The van der Waals surface area contributed by atoms with Gasteiger partial charge in [-0.05, 0) is 29.8 Å². The van der Waals surface area contributed by atoms with Crippen molar-refractivity contribution in [2.75, 3.05) is 7.11 Å². The molecule has 0 saturated heterocycles. The molecule has 2 rings (SSSR count). The van der Waals surface area contributed by atoms with Crippen LogP contribution in [0.2, 0.25) is 5.02 Å². The number of ether oxygens (including phenoxy) is 1. The van der Waals surface area contributed by atoms with E-state index in [1.807, 2.05) is 0 Å². The molecule has 0 amide bonds. The maximum atomic E-state index is 12.5. The summed E-state index contributed by atoms with van der Waals surface area (Å²) in [4.78, 5) is 0. The van der Waals surface area contributed by atoms with E-state index in [-0.39, 0.29) is 0 Å². The molecule has 0 radical (unpaired) electrons. The van der Waals surface area contributed by atoms with Gasteiger partial charge in [-0.15, -0.1) is 0 Å². The van der Waals surface area contributed by atoms with Gasteiger partial charge in [0.05, 0.1) is 17.7 Å². The number of benzene rings is 2. The Labute approximate surface area is 113 Å². The molecule has 0 atom stereocenters. The van der Waals surface area contributed by atoms with Gasteiger partial charge >= 0.3 is 6.18 Å². The summed E-state index contributed by atoms with van der Waals surface area (Å²) < 4.78 is 42.7. The minimum absolute atomic E-state index is 0.430. The van der Waals surface area contributed by atoms with Crippen molar-refractivity contribution in [1.82, 2.24) is 0 Å². The first-order valence-corrected chi connectivity index (χ1v) is 5.81. The molecular weight excluding hydrogens is 277 g/mol. The van der Waals surface area contributed by atoms with Gasteiger partial charge in [-0.3, -0.25) is 0 Å². The fourth-order valence-electron chi connectivity index (χ4n) is 1.78. The molecule has 0 heterocycles. The molecule has 0 bridgehead atoms. The fraction of sp³-hybridized carbons (Fsp3) is 0.143. The predicted octanol–water partition coefficient (Wildman–Crippen LogP) is 5.03. The van der Waals surface area contributed by atoms with Crippen LogP contribution < -0.4 is 4.74 Å². The quantitative estimate of drug-likeness (QED) is 0.752. The molecule has 2 aromatic rings. The molecule has 0 aliphatic heterocycles. The van der Waals surface area contributed by atoms with Crippen LogP contribution in [0.4, 0.5) is 13.2 Å². The highest BCUT2D eigenvalue weighted by atomic mass is 35.5. The van der Waals surface area contributed by atoms with Crippen molar-refractivity contribution in [2.45, 2.75) is 6.18 Å². The minimum Gasteiger partial charge on any atom is -0.496 e. The molecule has 19 heavy (non-hydrogen) atoms. The van der Waals surface area contributed by atoms with Gasteiger partial charge in [0.1, 0.15) is 5.75 Å². The van der Waals surface area contributed by atoms with Crippen LogP contribution in [0.3, 0.4) is 0 Å². The first-order valence-electron chi connectivity index (χ1n) is 5.43. The Bertz CT molecular complexity index is 576. The van der Waals surface area contributed by atoms with Crippen LogP contribution in [-0.4, -0.2) is 7.11 Å². The zero-order valence-electron chi connectivity index (χ0n) is 9.96. The molecule has 0 fully saturated rings. The Morgan fingerprint density at radius 2 is 1.63 bits per heavy atom. The molecule has 0 aromatic heterocycles. The highest BCUT2D eigenvalue weighted by Gasteiger charge is 2.30. The van der Waals surface area contributed by atoms with E-state index in [9.17, 15) is 13.2 Å². The third kappa shape index (κ3) is 2.84. The van der Waals surface area contributed by atoms with Crippen molar-refractivity contribution in [3.8, 4) is 16.9 Å². The Kier molecular flexibility index (Phi) is 3.71. The second kappa shape index (κ2) is 5.13. The van der Waals surface area contributed by atoms with E-state index < -0.39 is 11.7 Å². The lowest BCUT2D eigenvalue weighted by Gasteiger charge is -2.12. The SMILES string of the molecule is COc1cccc(Cl)c1-c1ccc(C(F)(F)F)cc1. The molecule has 0 unspecified atom stereocenters. The smallest absolute Gasteiger partial charge is 0.416 e. The average Bonchev–Trinajstić information content (AvgIpc) is 2.37. The molecular formula is C14H10ClF3O. The van der Waals surface area contributed by atoms with Gasteiger partial charge in [-0.1, -0.05) is 29.8 Å². The highest BCUT2D eigenvalue weighted by molar-refractivity contribution is 6.33. The van der Waals surface area contributed by atoms with Crippen molar-refractivity contribution in [3.63, 3.8) is 0 Å². The van der Waals surface area contributed by atoms with Gasteiger partial charge in [0.25, 0.3) is 0 Å². The number of rotatable bonds is 2. The minimum atomic E-state index is -4.34. The Balaban J connectivity index is 2.49. The van der Waals surface area contributed by atoms with E-state index in [4.69, 9.17) is 16.3 Å². The van der Waals surface area contributed by atoms with Crippen LogP contribution in [0.1, 0.15) is 5.56 Å². The number of halogens is 4. The number of hydrogen-bond donors (Lipinski definition) is 0. The summed E-state index contributed by atoms with van der Waals surface area (Å²) in [6.07, 6.45) is -4.34. The summed E-state index contributed by atoms with van der Waals surface area (Å²) in [6, 6.07) is 9.90. The molecule has 0 spiro atoms. The lowest BCUT2D eigenvalue weighted by molar-refractivity contribution is -0.137. The van der Waals surface area contributed by atoms with E-state index in [2.05, 4.69) is 0 Å². The monoisotopic (exact) mass is 286 g/mol. The molecule has 0 aliphatic rings. The molecule has 5 heteroatoms. The van der Waals surface area contributed by atoms with Crippen LogP contribution in [-0.2, 0) is 6.18 Å². The molecule has 100 valence electrons. The Morgan fingerprint density at radius 3 is 2.16 bits per heavy atom. The van der Waals surface area contributed by atoms with E-state index in [0.29, 0.717) is 21.9 Å². The van der Waals surface area contributed by atoms with E-state index in [1.54, 1.807) is 18.2 Å². The topological polar surface area (TPSA) is 9.23 Å². The molecule has 0 saturated carbocycles. The summed E-state index contributed by atoms with van der Waals surface area (Å²) >= 11 is 6.07. The van der Waals surface area contributed by atoms with E-state index in [1.165, 1.54) is 19.2 Å². The number of alkyl halides is 3. The second-order valence-corrected chi connectivity index (χ2v) is 4.30. The summed E-state index contributed by atoms with van der Waals surface area (Å²) in [5, 5.41) is 0.430. The van der Waals surface area contributed by atoms with Crippen LogP contribution in [0.5, 0.6) is 5.75 Å². The number of methoxy groups -OCH3 is 1. The van der Waals surface area contributed by atoms with Gasteiger partial charge < -0.3 is 4.74 Å². The third-order valence-electron chi connectivity index (χ3n) is 2.70. The zero-order chi connectivity index (χ0) is 14.0. The summed E-state index contributed by atoms with van der Waals surface area (Å²) in [7, 11) is 1.49. The van der Waals surface area contributed by atoms with Crippen LogP contribution in [0, 0.1) is 0 Å². The molecule has 0 N–H and O–H groups in total. The lowest BCUT2D eigenvalue weighted by atomic mass is 10.0. The predicted molar refractivity (Wildman–Crippen MR) is 68.4 cm³/mol. The highest BCUT2D eigenvalue weighted by Crippen LogP contribution is 2.37. The van der Waals surface area contributed by atoms with E-state index >= 15 is 0 Å². The largest absolute Gasteiger partial charge is 0.496 e. The van der Waals surface area contributed by atoms with Crippen LogP contribution in [0.15, 0.2) is 42.5 Å². The first kappa shape index (κ1) is 13.7. The van der Waals surface area contributed by atoms with Gasteiger partial charge in [-0.2, -0.15) is 13.2 Å². The van der Waals surface area contributed by atoms with Crippen molar-refractivity contribution < 1.29 is 17.9 Å². The molecule has 2 aromatic carbocycles. The van der Waals surface area contributed by atoms with Crippen molar-refractivity contribution in [3.05, 3.63) is 53.1 Å². The summed E-state index contributed by atoms with van der Waals surface area (Å²) in [6.45, 7) is 0. The summed E-state index contributed by atoms with van der Waals surface area (Å²) in [5.74, 6) is 0.521. The molecule has 1 nitrogen and oxygen atoms in total.